The highest BCUT2D eigenvalue weighted by molar-refractivity contribution is 6.31. The molecule has 0 radical (unpaired) electrons. The molecule has 0 N–H and O–H groups in total. The Kier molecular flexibility index (Phi) is 4.26. The van der Waals surface area contributed by atoms with E-state index in [1.807, 2.05) is 40.9 Å². The fourth-order valence-electron chi connectivity index (χ4n) is 3.95. The second-order valence-electron chi connectivity index (χ2n) is 7.17. The van der Waals surface area contributed by atoms with Crippen LogP contribution in [0.1, 0.15) is 30.1 Å². The van der Waals surface area contributed by atoms with Crippen LogP contribution in [0.4, 0.5) is 0 Å². The first-order valence-electron chi connectivity index (χ1n) is 9.34. The fraction of sp³-hybridized carbons (Fsp3) is 0.286. The number of benzene rings is 2. The van der Waals surface area contributed by atoms with E-state index in [1.54, 1.807) is 6.33 Å². The summed E-state index contributed by atoms with van der Waals surface area (Å²) in [5, 5.41) is 6.62. The van der Waals surface area contributed by atoms with E-state index in [1.165, 1.54) is 5.56 Å². The number of hydrogen-bond acceptors (Lipinski definition) is 4. The lowest BCUT2D eigenvalue weighted by Gasteiger charge is -2.31. The van der Waals surface area contributed by atoms with Crippen LogP contribution in [-0.4, -0.2) is 37.6 Å². The SMILES string of the molecule is Clc1ccccc1CN1CCC[C@H](c2nc3c4ccccc4ncn3n2)C1. The Bertz CT molecular complexity index is 1110. The minimum Gasteiger partial charge on any atom is -0.298 e. The molecular weight excluding hydrogens is 358 g/mol. The first kappa shape index (κ1) is 16.7. The molecule has 1 saturated heterocycles. The van der Waals surface area contributed by atoms with Gasteiger partial charge in [-0.2, -0.15) is 0 Å². The fourth-order valence-corrected chi connectivity index (χ4v) is 4.14. The first-order chi connectivity index (χ1) is 13.3. The summed E-state index contributed by atoms with van der Waals surface area (Å²) in [7, 11) is 0. The Labute approximate surface area is 162 Å². The molecule has 27 heavy (non-hydrogen) atoms. The first-order valence-corrected chi connectivity index (χ1v) is 9.71. The number of para-hydroxylation sites is 1. The van der Waals surface area contributed by atoms with E-state index in [0.29, 0.717) is 5.92 Å². The molecule has 0 amide bonds. The van der Waals surface area contributed by atoms with Crippen LogP contribution in [0.2, 0.25) is 5.02 Å². The van der Waals surface area contributed by atoms with Crippen molar-refractivity contribution in [2.24, 2.45) is 0 Å². The van der Waals surface area contributed by atoms with Crippen LogP contribution in [0, 0.1) is 0 Å². The Hall–Kier alpha value is -2.50. The average molecular weight is 378 g/mol. The van der Waals surface area contributed by atoms with Gasteiger partial charge in [-0.1, -0.05) is 41.9 Å². The maximum absolute atomic E-state index is 6.34. The van der Waals surface area contributed by atoms with Crippen molar-refractivity contribution in [3.05, 3.63) is 71.3 Å². The summed E-state index contributed by atoms with van der Waals surface area (Å²) in [6.07, 6.45) is 4.02. The smallest absolute Gasteiger partial charge is 0.166 e. The monoisotopic (exact) mass is 377 g/mol. The third-order valence-electron chi connectivity index (χ3n) is 5.32. The predicted molar refractivity (Wildman–Crippen MR) is 107 cm³/mol. The molecule has 6 heteroatoms. The van der Waals surface area contributed by atoms with Gasteiger partial charge >= 0.3 is 0 Å². The van der Waals surface area contributed by atoms with Gasteiger partial charge in [-0.25, -0.2) is 14.5 Å². The third-order valence-corrected chi connectivity index (χ3v) is 5.69. The molecule has 1 aliphatic rings. The van der Waals surface area contributed by atoms with Crippen LogP contribution in [-0.2, 0) is 6.54 Å². The van der Waals surface area contributed by atoms with Crippen LogP contribution in [0.25, 0.3) is 16.6 Å². The molecular formula is C21H20ClN5. The van der Waals surface area contributed by atoms with Crippen LogP contribution in [0.5, 0.6) is 0 Å². The Morgan fingerprint density at radius 2 is 1.93 bits per heavy atom. The van der Waals surface area contributed by atoms with E-state index in [-0.39, 0.29) is 0 Å². The zero-order valence-electron chi connectivity index (χ0n) is 14.9. The summed E-state index contributed by atoms with van der Waals surface area (Å²) in [6, 6.07) is 16.2. The van der Waals surface area contributed by atoms with E-state index >= 15 is 0 Å². The van der Waals surface area contributed by atoms with Crippen LogP contribution < -0.4 is 0 Å². The molecule has 0 spiro atoms. The van der Waals surface area contributed by atoms with Crippen molar-refractivity contribution in [1.29, 1.82) is 0 Å². The standard InChI is InChI=1S/C21H20ClN5/c22-18-9-3-1-6-15(18)12-26-11-5-7-16(13-26)20-24-21-17-8-2-4-10-19(17)23-14-27(21)25-20/h1-4,6,8-10,14,16H,5,7,11-13H2/t16-/m0/s1. The van der Waals surface area contributed by atoms with Gasteiger partial charge in [0, 0.05) is 29.4 Å². The summed E-state index contributed by atoms with van der Waals surface area (Å²) in [4.78, 5) is 11.8. The molecule has 136 valence electrons. The van der Waals surface area contributed by atoms with Crippen molar-refractivity contribution >= 4 is 28.2 Å². The number of piperidine rings is 1. The summed E-state index contributed by atoms with van der Waals surface area (Å²) in [6.45, 7) is 2.90. The second kappa shape index (κ2) is 6.91. The highest BCUT2D eigenvalue weighted by atomic mass is 35.5. The maximum atomic E-state index is 6.34. The zero-order valence-corrected chi connectivity index (χ0v) is 15.7. The highest BCUT2D eigenvalue weighted by Crippen LogP contribution is 2.28. The summed E-state index contributed by atoms with van der Waals surface area (Å²) >= 11 is 6.34. The normalized spacial score (nSPS) is 18.3. The largest absolute Gasteiger partial charge is 0.298 e. The molecule has 5 nitrogen and oxygen atoms in total. The molecule has 0 bridgehead atoms. The van der Waals surface area contributed by atoms with Gasteiger partial charge in [0.05, 0.1) is 5.52 Å². The minimum atomic E-state index is 0.333. The number of nitrogens with zero attached hydrogens (tertiary/aromatic N) is 5. The average Bonchev–Trinajstić information content (AvgIpc) is 3.15. The number of hydrogen-bond donors (Lipinski definition) is 0. The van der Waals surface area contributed by atoms with Gasteiger partial charge in [0.15, 0.2) is 11.5 Å². The van der Waals surface area contributed by atoms with E-state index < -0.39 is 0 Å². The van der Waals surface area contributed by atoms with Crippen molar-refractivity contribution in [3.8, 4) is 0 Å². The van der Waals surface area contributed by atoms with Crippen molar-refractivity contribution in [3.63, 3.8) is 0 Å². The van der Waals surface area contributed by atoms with Crippen LogP contribution in [0.3, 0.4) is 0 Å². The lowest BCUT2D eigenvalue weighted by atomic mass is 9.97. The van der Waals surface area contributed by atoms with Gasteiger partial charge in [0.25, 0.3) is 0 Å². The van der Waals surface area contributed by atoms with Gasteiger partial charge in [-0.15, -0.1) is 5.10 Å². The summed E-state index contributed by atoms with van der Waals surface area (Å²) < 4.78 is 1.81. The Morgan fingerprint density at radius 3 is 2.85 bits per heavy atom. The number of rotatable bonds is 3. The molecule has 1 aliphatic heterocycles. The lowest BCUT2D eigenvalue weighted by molar-refractivity contribution is 0.196. The van der Waals surface area contributed by atoms with E-state index in [0.717, 1.165) is 59.9 Å². The molecule has 4 aromatic rings. The number of halogens is 1. The molecule has 1 atom stereocenters. The highest BCUT2D eigenvalue weighted by Gasteiger charge is 2.25. The van der Waals surface area contributed by atoms with E-state index in [9.17, 15) is 0 Å². The lowest BCUT2D eigenvalue weighted by Crippen LogP contribution is -2.34. The number of likely N-dealkylation sites (tertiary alicyclic amines) is 1. The summed E-state index contributed by atoms with van der Waals surface area (Å²) in [5.41, 5.74) is 3.02. The van der Waals surface area contributed by atoms with Crippen molar-refractivity contribution < 1.29 is 0 Å². The van der Waals surface area contributed by atoms with Gasteiger partial charge < -0.3 is 0 Å². The second-order valence-corrected chi connectivity index (χ2v) is 7.57. The maximum Gasteiger partial charge on any atom is 0.166 e. The molecule has 0 saturated carbocycles. The number of fused-ring (bicyclic) bond motifs is 3. The van der Waals surface area contributed by atoms with Gasteiger partial charge in [0.1, 0.15) is 6.33 Å². The molecule has 2 aromatic carbocycles. The van der Waals surface area contributed by atoms with E-state index in [2.05, 4.69) is 22.0 Å². The predicted octanol–water partition coefficient (Wildman–Crippen LogP) is 4.31. The van der Waals surface area contributed by atoms with Gasteiger partial charge in [-0.3, -0.25) is 4.90 Å². The van der Waals surface area contributed by atoms with Gasteiger partial charge in [-0.05, 0) is 43.1 Å². The molecule has 0 unspecified atom stereocenters. The number of aromatic nitrogens is 4. The van der Waals surface area contributed by atoms with Crippen LogP contribution >= 0.6 is 11.6 Å². The molecule has 3 heterocycles. The molecule has 1 fully saturated rings. The molecule has 2 aromatic heterocycles. The van der Waals surface area contributed by atoms with E-state index in [4.69, 9.17) is 21.7 Å². The van der Waals surface area contributed by atoms with Crippen molar-refractivity contribution in [2.45, 2.75) is 25.3 Å². The molecule has 5 rings (SSSR count). The van der Waals surface area contributed by atoms with Gasteiger partial charge in [0.2, 0.25) is 0 Å². The quantitative estimate of drug-likeness (QED) is 0.533. The summed E-state index contributed by atoms with van der Waals surface area (Å²) in [5.74, 6) is 1.25. The third kappa shape index (κ3) is 3.17. The van der Waals surface area contributed by atoms with Crippen molar-refractivity contribution in [2.75, 3.05) is 13.1 Å². The topological polar surface area (TPSA) is 46.3 Å². The molecule has 0 aliphatic carbocycles. The zero-order chi connectivity index (χ0) is 18.2. The Morgan fingerprint density at radius 1 is 1.07 bits per heavy atom. The minimum absolute atomic E-state index is 0.333. The Balaban J connectivity index is 1.42. The van der Waals surface area contributed by atoms with Crippen molar-refractivity contribution in [1.82, 2.24) is 24.5 Å². The van der Waals surface area contributed by atoms with Crippen LogP contribution in [0.15, 0.2) is 54.9 Å².